The summed E-state index contributed by atoms with van der Waals surface area (Å²) in [5.74, 6) is 0. The fourth-order valence-corrected chi connectivity index (χ4v) is 2.97. The summed E-state index contributed by atoms with van der Waals surface area (Å²) in [6.07, 6.45) is 4.26. The number of benzene rings is 1. The number of aromatic nitrogens is 1. The third kappa shape index (κ3) is 3.87. The molecule has 0 unspecified atom stereocenters. The van der Waals surface area contributed by atoms with Crippen LogP contribution in [0, 0.1) is 0 Å². The van der Waals surface area contributed by atoms with Crippen molar-refractivity contribution in [2.75, 3.05) is 6.54 Å². The molecular formula is C18H21N3O2. The molecule has 2 aromatic rings. The van der Waals surface area contributed by atoms with Crippen molar-refractivity contribution in [1.29, 1.82) is 0 Å². The Hall–Kier alpha value is -2.40. The maximum Gasteiger partial charge on any atom is 0.318 e. The fraction of sp³-hybridized carbons (Fsp3) is 0.333. The standard InChI is InChI=1S/C18H21N3O2/c22-17-8-10-21(16(17)11-14-5-2-1-3-6-14)18(23)20-13-15-7-4-9-19-12-15/h1-7,9,12,16-17,22H,8,10-11,13H2,(H,20,23)/t16-,17-/m1/s1. The van der Waals surface area contributed by atoms with Crippen molar-refractivity contribution < 1.29 is 9.90 Å². The topological polar surface area (TPSA) is 65.5 Å². The Morgan fingerprint density at radius 3 is 2.74 bits per heavy atom. The summed E-state index contributed by atoms with van der Waals surface area (Å²) in [4.78, 5) is 18.2. The van der Waals surface area contributed by atoms with Gasteiger partial charge in [0.05, 0.1) is 12.1 Å². The van der Waals surface area contributed by atoms with Crippen LogP contribution in [-0.2, 0) is 13.0 Å². The molecule has 1 aromatic carbocycles. The van der Waals surface area contributed by atoms with Crippen LogP contribution in [0.2, 0.25) is 0 Å². The van der Waals surface area contributed by atoms with Crippen molar-refractivity contribution in [2.24, 2.45) is 0 Å². The lowest BCUT2D eigenvalue weighted by Crippen LogP contribution is -2.46. The molecule has 3 rings (SSSR count). The van der Waals surface area contributed by atoms with E-state index in [9.17, 15) is 9.90 Å². The van der Waals surface area contributed by atoms with Crippen LogP contribution < -0.4 is 5.32 Å². The van der Waals surface area contributed by atoms with Gasteiger partial charge in [-0.05, 0) is 30.0 Å². The van der Waals surface area contributed by atoms with E-state index in [0.717, 1.165) is 11.1 Å². The molecule has 1 saturated heterocycles. The van der Waals surface area contributed by atoms with Crippen LogP contribution >= 0.6 is 0 Å². The highest BCUT2D eigenvalue weighted by Crippen LogP contribution is 2.22. The molecule has 1 aromatic heterocycles. The normalized spacial score (nSPS) is 20.5. The summed E-state index contributed by atoms with van der Waals surface area (Å²) >= 11 is 0. The highest BCUT2D eigenvalue weighted by molar-refractivity contribution is 5.75. The summed E-state index contributed by atoms with van der Waals surface area (Å²) in [6, 6.07) is 13.4. The van der Waals surface area contributed by atoms with Gasteiger partial charge in [0.1, 0.15) is 0 Å². The highest BCUT2D eigenvalue weighted by atomic mass is 16.3. The molecule has 0 saturated carbocycles. The smallest absolute Gasteiger partial charge is 0.318 e. The highest BCUT2D eigenvalue weighted by Gasteiger charge is 2.35. The molecular weight excluding hydrogens is 290 g/mol. The lowest BCUT2D eigenvalue weighted by atomic mass is 10.0. The Labute approximate surface area is 136 Å². The first kappa shape index (κ1) is 15.5. The van der Waals surface area contributed by atoms with E-state index in [1.165, 1.54) is 0 Å². The number of hydrogen-bond donors (Lipinski definition) is 2. The molecule has 1 aliphatic heterocycles. The third-order valence-corrected chi connectivity index (χ3v) is 4.23. The Kier molecular flexibility index (Phi) is 4.88. The number of nitrogens with zero attached hydrogens (tertiary/aromatic N) is 2. The molecule has 0 aliphatic carbocycles. The number of nitrogens with one attached hydrogen (secondary N) is 1. The molecule has 5 heteroatoms. The summed E-state index contributed by atoms with van der Waals surface area (Å²) in [7, 11) is 0. The quantitative estimate of drug-likeness (QED) is 0.907. The minimum absolute atomic E-state index is 0.133. The Balaban J connectivity index is 1.62. The number of amides is 2. The van der Waals surface area contributed by atoms with E-state index in [1.54, 1.807) is 17.3 Å². The van der Waals surface area contributed by atoms with E-state index in [0.29, 0.717) is 25.9 Å². The van der Waals surface area contributed by atoms with Crippen molar-refractivity contribution in [3.8, 4) is 0 Å². The maximum atomic E-state index is 12.4. The van der Waals surface area contributed by atoms with Gasteiger partial charge in [-0.3, -0.25) is 4.98 Å². The predicted molar refractivity (Wildman–Crippen MR) is 87.7 cm³/mol. The number of carbonyl (C=O) groups excluding carboxylic acids is 1. The number of carbonyl (C=O) groups is 1. The number of rotatable bonds is 4. The second-order valence-corrected chi connectivity index (χ2v) is 5.83. The minimum atomic E-state index is -0.473. The van der Waals surface area contributed by atoms with Crippen LogP contribution in [0.4, 0.5) is 4.79 Å². The number of likely N-dealkylation sites (tertiary alicyclic amines) is 1. The van der Waals surface area contributed by atoms with Crippen molar-refractivity contribution in [2.45, 2.75) is 31.5 Å². The summed E-state index contributed by atoms with van der Waals surface area (Å²) in [5.41, 5.74) is 2.09. The second-order valence-electron chi connectivity index (χ2n) is 5.83. The second kappa shape index (κ2) is 7.24. The molecule has 2 amide bonds. The van der Waals surface area contributed by atoms with Crippen LogP contribution in [0.15, 0.2) is 54.9 Å². The zero-order valence-corrected chi connectivity index (χ0v) is 12.9. The first-order valence-electron chi connectivity index (χ1n) is 7.89. The Bertz CT molecular complexity index is 633. The van der Waals surface area contributed by atoms with E-state index in [2.05, 4.69) is 10.3 Å². The van der Waals surface area contributed by atoms with Gasteiger partial charge in [0, 0.05) is 25.5 Å². The lowest BCUT2D eigenvalue weighted by molar-refractivity contribution is 0.122. The number of aliphatic hydroxyl groups is 1. The lowest BCUT2D eigenvalue weighted by Gasteiger charge is -2.26. The van der Waals surface area contributed by atoms with Gasteiger partial charge in [0.15, 0.2) is 0 Å². The van der Waals surface area contributed by atoms with Crippen molar-refractivity contribution in [1.82, 2.24) is 15.2 Å². The largest absolute Gasteiger partial charge is 0.391 e. The zero-order chi connectivity index (χ0) is 16.1. The molecule has 0 spiro atoms. The first-order chi connectivity index (χ1) is 11.2. The average molecular weight is 311 g/mol. The van der Waals surface area contributed by atoms with Crippen molar-refractivity contribution >= 4 is 6.03 Å². The van der Waals surface area contributed by atoms with Crippen LogP contribution in [0.1, 0.15) is 17.5 Å². The predicted octanol–water partition coefficient (Wildman–Crippen LogP) is 1.97. The Morgan fingerprint density at radius 1 is 1.22 bits per heavy atom. The van der Waals surface area contributed by atoms with E-state index < -0.39 is 6.10 Å². The maximum absolute atomic E-state index is 12.4. The number of pyridine rings is 1. The number of urea groups is 1. The van der Waals surface area contributed by atoms with Crippen LogP contribution in [0.25, 0.3) is 0 Å². The fourth-order valence-electron chi connectivity index (χ4n) is 2.97. The van der Waals surface area contributed by atoms with E-state index in [4.69, 9.17) is 0 Å². The van der Waals surface area contributed by atoms with Crippen LogP contribution in [-0.4, -0.2) is 39.7 Å². The minimum Gasteiger partial charge on any atom is -0.391 e. The number of aliphatic hydroxyl groups excluding tert-OH is 1. The van der Waals surface area contributed by atoms with Gasteiger partial charge in [-0.15, -0.1) is 0 Å². The molecule has 120 valence electrons. The van der Waals surface area contributed by atoms with Gasteiger partial charge in [-0.1, -0.05) is 36.4 Å². The average Bonchev–Trinajstić information content (AvgIpc) is 2.95. The SMILES string of the molecule is O=C(NCc1cccnc1)N1CC[C@@H](O)[C@H]1Cc1ccccc1. The zero-order valence-electron chi connectivity index (χ0n) is 12.9. The van der Waals surface area contributed by atoms with Crippen LogP contribution in [0.5, 0.6) is 0 Å². The Morgan fingerprint density at radius 2 is 2.00 bits per heavy atom. The van der Waals surface area contributed by atoms with Gasteiger partial charge in [0.25, 0.3) is 0 Å². The monoisotopic (exact) mass is 311 g/mol. The molecule has 2 heterocycles. The molecule has 0 radical (unpaired) electrons. The molecule has 5 nitrogen and oxygen atoms in total. The molecule has 0 bridgehead atoms. The summed E-state index contributed by atoms with van der Waals surface area (Å²) < 4.78 is 0. The van der Waals surface area contributed by atoms with Gasteiger partial charge in [-0.25, -0.2) is 4.79 Å². The van der Waals surface area contributed by atoms with E-state index in [1.807, 2.05) is 42.5 Å². The van der Waals surface area contributed by atoms with Gasteiger partial charge >= 0.3 is 6.03 Å². The molecule has 23 heavy (non-hydrogen) atoms. The third-order valence-electron chi connectivity index (χ3n) is 4.23. The van der Waals surface area contributed by atoms with Gasteiger partial charge < -0.3 is 15.3 Å². The summed E-state index contributed by atoms with van der Waals surface area (Å²) in [5, 5.41) is 13.1. The molecule has 1 aliphatic rings. The van der Waals surface area contributed by atoms with E-state index in [-0.39, 0.29) is 12.1 Å². The molecule has 2 N–H and O–H groups in total. The molecule has 2 atom stereocenters. The summed E-state index contributed by atoms with van der Waals surface area (Å²) in [6.45, 7) is 1.02. The number of hydrogen-bond acceptors (Lipinski definition) is 3. The van der Waals surface area contributed by atoms with Crippen molar-refractivity contribution in [3.63, 3.8) is 0 Å². The van der Waals surface area contributed by atoms with E-state index >= 15 is 0 Å². The van der Waals surface area contributed by atoms with Gasteiger partial charge in [0.2, 0.25) is 0 Å². The first-order valence-corrected chi connectivity index (χ1v) is 7.89. The van der Waals surface area contributed by atoms with Gasteiger partial charge in [-0.2, -0.15) is 0 Å². The van der Waals surface area contributed by atoms with Crippen molar-refractivity contribution in [3.05, 3.63) is 66.0 Å². The van der Waals surface area contributed by atoms with Crippen LogP contribution in [0.3, 0.4) is 0 Å². The molecule has 1 fully saturated rings.